The van der Waals surface area contributed by atoms with Gasteiger partial charge in [0.1, 0.15) is 6.04 Å². The Bertz CT molecular complexity index is 1080. The Balaban J connectivity index is 1.68. The number of nitrogens with zero attached hydrogens (tertiary/aromatic N) is 2. The molecule has 0 spiro atoms. The van der Waals surface area contributed by atoms with E-state index in [0.29, 0.717) is 18.7 Å². The third-order valence-corrected chi connectivity index (χ3v) is 7.73. The molecule has 0 radical (unpaired) electrons. The van der Waals surface area contributed by atoms with E-state index in [9.17, 15) is 18.0 Å². The van der Waals surface area contributed by atoms with Gasteiger partial charge in [-0.25, -0.2) is 8.42 Å². The van der Waals surface area contributed by atoms with E-state index in [1.165, 1.54) is 10.6 Å². The van der Waals surface area contributed by atoms with Crippen LogP contribution in [0.4, 0.5) is 5.69 Å². The fourth-order valence-electron chi connectivity index (χ4n) is 4.47. The molecule has 7 nitrogen and oxygen atoms in total. The molecule has 3 rings (SSSR count). The maximum absolute atomic E-state index is 13.3. The second kappa shape index (κ2) is 12.2. The van der Waals surface area contributed by atoms with Crippen LogP contribution in [0.3, 0.4) is 0 Å². The van der Waals surface area contributed by atoms with Crippen LogP contribution in [0.5, 0.6) is 0 Å². The lowest BCUT2D eigenvalue weighted by molar-refractivity contribution is -0.141. The molecule has 1 saturated carbocycles. The summed E-state index contributed by atoms with van der Waals surface area (Å²) in [5.74, 6) is -0.307. The van der Waals surface area contributed by atoms with Crippen LogP contribution < -0.4 is 9.62 Å². The lowest BCUT2D eigenvalue weighted by Gasteiger charge is -2.30. The van der Waals surface area contributed by atoms with Crippen LogP contribution in [0.2, 0.25) is 0 Å². The first kappa shape index (κ1) is 26.7. The van der Waals surface area contributed by atoms with Gasteiger partial charge < -0.3 is 10.2 Å². The highest BCUT2D eigenvalue weighted by Gasteiger charge is 2.28. The Hall–Kier alpha value is -2.87. The van der Waals surface area contributed by atoms with Gasteiger partial charge in [0.2, 0.25) is 21.8 Å². The van der Waals surface area contributed by atoms with Crippen LogP contribution >= 0.6 is 0 Å². The molecular weight excluding hydrogens is 462 g/mol. The zero-order valence-corrected chi connectivity index (χ0v) is 21.8. The predicted octanol–water partition coefficient (Wildman–Crippen LogP) is 4.02. The van der Waals surface area contributed by atoms with Gasteiger partial charge in [-0.15, -0.1) is 0 Å². The van der Waals surface area contributed by atoms with Crippen molar-refractivity contribution in [2.75, 3.05) is 17.1 Å². The predicted molar refractivity (Wildman–Crippen MR) is 139 cm³/mol. The van der Waals surface area contributed by atoms with Crippen molar-refractivity contribution in [2.45, 2.75) is 71.0 Å². The van der Waals surface area contributed by atoms with E-state index < -0.39 is 16.1 Å². The Morgan fingerprint density at radius 1 is 1.03 bits per heavy atom. The maximum atomic E-state index is 13.3. The van der Waals surface area contributed by atoms with Gasteiger partial charge in [-0.05, 0) is 50.8 Å². The first-order chi connectivity index (χ1) is 16.6. The number of amides is 2. The number of benzene rings is 2. The molecule has 0 saturated heterocycles. The fraction of sp³-hybridized carbons (Fsp3) is 0.481. The average molecular weight is 500 g/mol. The highest BCUT2D eigenvalue weighted by atomic mass is 32.2. The van der Waals surface area contributed by atoms with Crippen LogP contribution in [0, 0.1) is 6.92 Å². The van der Waals surface area contributed by atoms with Crippen LogP contribution in [0.15, 0.2) is 54.6 Å². The zero-order valence-electron chi connectivity index (χ0n) is 20.9. The molecule has 0 bridgehead atoms. The Kier molecular flexibility index (Phi) is 9.32. The van der Waals surface area contributed by atoms with Crippen molar-refractivity contribution in [1.29, 1.82) is 0 Å². The summed E-state index contributed by atoms with van der Waals surface area (Å²) in [7, 11) is -3.50. The van der Waals surface area contributed by atoms with E-state index in [1.54, 1.807) is 24.0 Å². The third kappa shape index (κ3) is 7.82. The summed E-state index contributed by atoms with van der Waals surface area (Å²) in [5, 5.41) is 3.10. The van der Waals surface area contributed by atoms with Crippen LogP contribution in [-0.4, -0.2) is 50.0 Å². The zero-order chi connectivity index (χ0) is 25.4. The summed E-state index contributed by atoms with van der Waals surface area (Å²) < 4.78 is 26.1. The second-order valence-electron chi connectivity index (χ2n) is 9.45. The number of aryl methyl sites for hydroxylation is 1. The number of rotatable bonds is 11. The van der Waals surface area contributed by atoms with Gasteiger partial charge in [-0.3, -0.25) is 13.9 Å². The number of hydrogen-bond donors (Lipinski definition) is 1. The van der Waals surface area contributed by atoms with Gasteiger partial charge in [-0.1, -0.05) is 60.9 Å². The molecule has 2 aromatic carbocycles. The maximum Gasteiger partial charge on any atom is 0.242 e. The SMILES string of the molecule is Cc1ccc(N(CCCC(=O)N(Cc2ccccc2)[C@H](C)C(=O)NC2CCCC2)S(C)(=O)=O)cc1. The van der Waals surface area contributed by atoms with Crippen molar-refractivity contribution < 1.29 is 18.0 Å². The minimum absolute atomic E-state index is 0.140. The monoisotopic (exact) mass is 499 g/mol. The van der Waals surface area contributed by atoms with Crippen molar-refractivity contribution in [2.24, 2.45) is 0 Å². The number of anilines is 1. The van der Waals surface area contributed by atoms with Crippen LogP contribution in [0.25, 0.3) is 0 Å². The first-order valence-electron chi connectivity index (χ1n) is 12.3. The highest BCUT2D eigenvalue weighted by Crippen LogP contribution is 2.21. The summed E-state index contributed by atoms with van der Waals surface area (Å²) >= 11 is 0. The lowest BCUT2D eigenvalue weighted by Crippen LogP contribution is -2.49. The molecule has 1 aliphatic carbocycles. The van der Waals surface area contributed by atoms with Gasteiger partial charge in [0.15, 0.2) is 0 Å². The Morgan fingerprint density at radius 3 is 2.26 bits per heavy atom. The van der Waals surface area contributed by atoms with E-state index >= 15 is 0 Å². The van der Waals surface area contributed by atoms with E-state index in [4.69, 9.17) is 0 Å². The summed E-state index contributed by atoms with van der Waals surface area (Å²) in [6.07, 6.45) is 5.85. The molecule has 190 valence electrons. The first-order valence-corrected chi connectivity index (χ1v) is 14.2. The second-order valence-corrected chi connectivity index (χ2v) is 11.4. The number of sulfonamides is 1. The van der Waals surface area contributed by atoms with E-state index in [2.05, 4.69) is 5.32 Å². The lowest BCUT2D eigenvalue weighted by atomic mass is 10.1. The number of hydrogen-bond acceptors (Lipinski definition) is 4. The van der Waals surface area contributed by atoms with Gasteiger partial charge >= 0.3 is 0 Å². The number of carbonyl (C=O) groups excluding carboxylic acids is 2. The van der Waals surface area contributed by atoms with E-state index in [0.717, 1.165) is 36.8 Å². The molecule has 1 aliphatic rings. The van der Waals surface area contributed by atoms with Crippen LogP contribution in [-0.2, 0) is 26.2 Å². The summed E-state index contributed by atoms with van der Waals surface area (Å²) in [6, 6.07) is 16.4. The number of nitrogens with one attached hydrogen (secondary N) is 1. The quantitative estimate of drug-likeness (QED) is 0.506. The molecule has 1 fully saturated rings. The van der Waals surface area contributed by atoms with Gasteiger partial charge in [0.05, 0.1) is 11.9 Å². The smallest absolute Gasteiger partial charge is 0.242 e. The summed E-state index contributed by atoms with van der Waals surface area (Å²) in [4.78, 5) is 27.9. The van der Waals surface area contributed by atoms with Crippen molar-refractivity contribution in [1.82, 2.24) is 10.2 Å². The molecule has 1 N–H and O–H groups in total. The largest absolute Gasteiger partial charge is 0.352 e. The third-order valence-electron chi connectivity index (χ3n) is 6.54. The molecule has 0 aliphatic heterocycles. The molecule has 0 aromatic heterocycles. The van der Waals surface area contributed by atoms with Gasteiger partial charge in [-0.2, -0.15) is 0 Å². The standard InChI is InChI=1S/C27H37N3O4S/c1-21-15-17-25(18-16-21)30(35(3,33)34)19-9-14-26(31)29(20-23-10-5-4-6-11-23)22(2)27(32)28-24-12-7-8-13-24/h4-6,10-11,15-18,22,24H,7-9,12-14,19-20H2,1-3H3,(H,28,32)/t22-/m1/s1. The molecule has 8 heteroatoms. The molecule has 35 heavy (non-hydrogen) atoms. The highest BCUT2D eigenvalue weighted by molar-refractivity contribution is 7.92. The summed E-state index contributed by atoms with van der Waals surface area (Å²) in [6.45, 7) is 4.22. The normalized spacial score (nSPS) is 14.9. The minimum Gasteiger partial charge on any atom is -0.352 e. The van der Waals surface area contributed by atoms with Crippen molar-refractivity contribution in [3.05, 3.63) is 65.7 Å². The van der Waals surface area contributed by atoms with E-state index in [-0.39, 0.29) is 30.8 Å². The fourth-order valence-corrected chi connectivity index (χ4v) is 5.44. The molecule has 2 aromatic rings. The molecule has 2 amide bonds. The minimum atomic E-state index is -3.50. The Morgan fingerprint density at radius 2 is 1.66 bits per heavy atom. The van der Waals surface area contributed by atoms with E-state index in [1.807, 2.05) is 49.4 Å². The van der Waals surface area contributed by atoms with Crippen LogP contribution in [0.1, 0.15) is 56.6 Å². The van der Waals surface area contributed by atoms with Crippen molar-refractivity contribution in [3.8, 4) is 0 Å². The van der Waals surface area contributed by atoms with Crippen molar-refractivity contribution >= 4 is 27.5 Å². The van der Waals surface area contributed by atoms with Gasteiger partial charge in [0.25, 0.3) is 0 Å². The molecule has 1 atom stereocenters. The topological polar surface area (TPSA) is 86.8 Å². The van der Waals surface area contributed by atoms with Gasteiger partial charge in [0, 0.05) is 25.6 Å². The molecular formula is C27H37N3O4S. The Labute approximate surface area is 209 Å². The molecule has 0 unspecified atom stereocenters. The number of carbonyl (C=O) groups is 2. The summed E-state index contributed by atoms with van der Waals surface area (Å²) in [5.41, 5.74) is 2.56. The average Bonchev–Trinajstić information content (AvgIpc) is 3.33. The van der Waals surface area contributed by atoms with Crippen molar-refractivity contribution in [3.63, 3.8) is 0 Å². The molecule has 0 heterocycles.